The van der Waals surface area contributed by atoms with Crippen LogP contribution in [0, 0.1) is 24.7 Å². The fourth-order valence-electron chi connectivity index (χ4n) is 7.61. The highest BCUT2D eigenvalue weighted by Gasteiger charge is 2.80. The van der Waals surface area contributed by atoms with E-state index in [1.807, 2.05) is 63.2 Å². The molecule has 3 heterocycles. The van der Waals surface area contributed by atoms with Crippen LogP contribution in [0.3, 0.4) is 0 Å². The number of anilines is 1. The number of aryl methyl sites for hydroxylation is 1. The number of aliphatic hydroxyl groups excluding tert-OH is 1. The summed E-state index contributed by atoms with van der Waals surface area (Å²) in [5.74, 6) is -3.24. The van der Waals surface area contributed by atoms with Crippen LogP contribution in [0.2, 0.25) is 5.02 Å². The zero-order valence-electron chi connectivity index (χ0n) is 24.6. The van der Waals surface area contributed by atoms with Gasteiger partial charge in [0.2, 0.25) is 5.91 Å². The Balaban J connectivity index is 1.68. The van der Waals surface area contributed by atoms with Crippen molar-refractivity contribution in [1.29, 1.82) is 0 Å². The zero-order chi connectivity index (χ0) is 30.4. The molecule has 3 saturated heterocycles. The van der Waals surface area contributed by atoms with Crippen LogP contribution in [-0.4, -0.2) is 70.8 Å². The molecule has 1 N–H and O–H groups in total. The number of hydrogen-bond acceptors (Lipinski definition) is 6. The third-order valence-electron chi connectivity index (χ3n) is 9.48. The molecule has 0 saturated carbocycles. The molecule has 7 atom stereocenters. The van der Waals surface area contributed by atoms with Crippen LogP contribution in [0.4, 0.5) is 5.69 Å². The Hall–Kier alpha value is -3.20. The summed E-state index contributed by atoms with van der Waals surface area (Å²) in [5.41, 5.74) is -0.0731. The molecule has 9 heteroatoms. The summed E-state index contributed by atoms with van der Waals surface area (Å²) in [6.07, 6.45) is 2.33. The van der Waals surface area contributed by atoms with Crippen LogP contribution in [0.25, 0.3) is 0 Å². The normalized spacial score (nSPS) is 30.2. The number of carbonyl (C=O) groups is 3. The maximum absolute atomic E-state index is 15.0. The fraction of sp³-hybridized carbons (Fsp3) is 0.485. The Morgan fingerprint density at radius 2 is 1.98 bits per heavy atom. The number of halogens is 1. The first-order valence-corrected chi connectivity index (χ1v) is 14.9. The lowest BCUT2D eigenvalue weighted by molar-refractivity contribution is -0.162. The number of likely N-dealkylation sites (tertiary alicyclic amines) is 1. The number of fused-ring (bicyclic) bond motifs is 1. The Bertz CT molecular complexity index is 1360. The molecule has 2 aromatic carbocycles. The SMILES string of the molecule is C=CCN(C(=O)C1N([C@@H](CO)Cc2ccccc2)C(=O)[C@@H]2[C@H](C(=O)OCC)[C@@]3(C)OC12CC3C)c1c(C)cccc1Cl. The van der Waals surface area contributed by atoms with E-state index < -0.39 is 47.0 Å². The van der Waals surface area contributed by atoms with E-state index in [2.05, 4.69) is 6.58 Å². The summed E-state index contributed by atoms with van der Waals surface area (Å²) >= 11 is 6.66. The van der Waals surface area contributed by atoms with Gasteiger partial charge < -0.3 is 24.4 Å². The van der Waals surface area contributed by atoms with Gasteiger partial charge in [-0.05, 0) is 56.7 Å². The van der Waals surface area contributed by atoms with Crippen molar-refractivity contribution in [3.63, 3.8) is 0 Å². The highest BCUT2D eigenvalue weighted by molar-refractivity contribution is 6.34. The number of aliphatic hydroxyl groups is 1. The fourth-order valence-corrected chi connectivity index (χ4v) is 7.93. The lowest BCUT2D eigenvalue weighted by atomic mass is 9.62. The standard InChI is InChI=1S/C33H39ClN2O6/c1-6-16-35(27-20(3)12-11-15-24(27)34)30(39)28-33-18-21(4)32(5,42-33)26(31(40)41-7-2)25(33)29(38)36(28)23(19-37)17-22-13-9-8-10-14-22/h6,8-15,21,23,25-26,28,37H,1,7,16-19H2,2-5H3/t21?,23-,25+,26-,28?,32+,33?/m1/s1. The van der Waals surface area contributed by atoms with E-state index in [0.717, 1.165) is 11.1 Å². The van der Waals surface area contributed by atoms with Gasteiger partial charge in [0.25, 0.3) is 5.91 Å². The van der Waals surface area contributed by atoms with E-state index in [4.69, 9.17) is 21.1 Å². The van der Waals surface area contributed by atoms with Gasteiger partial charge in [-0.3, -0.25) is 14.4 Å². The van der Waals surface area contributed by atoms with Crippen LogP contribution in [0.1, 0.15) is 38.3 Å². The monoisotopic (exact) mass is 594 g/mol. The number of para-hydroxylation sites is 1. The van der Waals surface area contributed by atoms with E-state index in [0.29, 0.717) is 23.6 Å². The molecule has 8 nitrogen and oxygen atoms in total. The topological polar surface area (TPSA) is 96.4 Å². The molecule has 0 aromatic heterocycles. The molecular weight excluding hydrogens is 556 g/mol. The van der Waals surface area contributed by atoms with Crippen LogP contribution in [-0.2, 0) is 30.3 Å². The summed E-state index contributed by atoms with van der Waals surface area (Å²) < 4.78 is 12.3. The molecule has 3 fully saturated rings. The van der Waals surface area contributed by atoms with Gasteiger partial charge in [0.15, 0.2) is 0 Å². The van der Waals surface area contributed by atoms with Crippen LogP contribution in [0.15, 0.2) is 61.2 Å². The van der Waals surface area contributed by atoms with Crippen molar-refractivity contribution < 1.29 is 29.0 Å². The van der Waals surface area contributed by atoms with Gasteiger partial charge >= 0.3 is 5.97 Å². The number of ether oxygens (including phenoxy) is 2. The van der Waals surface area contributed by atoms with Crippen molar-refractivity contribution in [3.05, 3.63) is 77.3 Å². The van der Waals surface area contributed by atoms with Gasteiger partial charge in [0, 0.05) is 6.54 Å². The van der Waals surface area contributed by atoms with Crippen molar-refractivity contribution in [2.24, 2.45) is 17.8 Å². The van der Waals surface area contributed by atoms with Crippen molar-refractivity contribution in [2.75, 3.05) is 24.7 Å². The van der Waals surface area contributed by atoms with Crippen LogP contribution >= 0.6 is 11.6 Å². The highest BCUT2D eigenvalue weighted by atomic mass is 35.5. The van der Waals surface area contributed by atoms with E-state index in [9.17, 15) is 19.5 Å². The highest BCUT2D eigenvalue weighted by Crippen LogP contribution is 2.65. The molecule has 0 aliphatic carbocycles. The van der Waals surface area contributed by atoms with Crippen LogP contribution in [0.5, 0.6) is 0 Å². The van der Waals surface area contributed by atoms with Gasteiger partial charge in [-0.1, -0.05) is 67.1 Å². The molecule has 1 spiro atoms. The smallest absolute Gasteiger partial charge is 0.312 e. The van der Waals surface area contributed by atoms with E-state index in [1.54, 1.807) is 24.0 Å². The van der Waals surface area contributed by atoms with Crippen molar-refractivity contribution in [3.8, 4) is 0 Å². The minimum absolute atomic E-state index is 0.136. The van der Waals surface area contributed by atoms with Gasteiger partial charge in [-0.15, -0.1) is 6.58 Å². The summed E-state index contributed by atoms with van der Waals surface area (Å²) in [7, 11) is 0. The molecule has 5 rings (SSSR count). The molecule has 3 aliphatic rings. The quantitative estimate of drug-likeness (QED) is 0.325. The second-order valence-corrected chi connectivity index (χ2v) is 12.3. The lowest BCUT2D eigenvalue weighted by Gasteiger charge is -2.40. The molecule has 0 radical (unpaired) electrons. The van der Waals surface area contributed by atoms with Crippen LogP contribution < -0.4 is 4.90 Å². The third kappa shape index (κ3) is 4.55. The maximum Gasteiger partial charge on any atom is 0.312 e. The van der Waals surface area contributed by atoms with Crippen molar-refractivity contribution in [2.45, 2.75) is 63.8 Å². The average Bonchev–Trinajstić information content (AvgIpc) is 3.48. The Morgan fingerprint density at radius 3 is 2.60 bits per heavy atom. The minimum Gasteiger partial charge on any atom is -0.466 e. The van der Waals surface area contributed by atoms with Crippen molar-refractivity contribution >= 4 is 35.1 Å². The predicted octanol–water partition coefficient (Wildman–Crippen LogP) is 4.34. The van der Waals surface area contributed by atoms with E-state index in [-0.39, 0.29) is 31.6 Å². The molecule has 2 amide bonds. The summed E-state index contributed by atoms with van der Waals surface area (Å²) in [6.45, 7) is 11.2. The van der Waals surface area contributed by atoms with Gasteiger partial charge in [0.05, 0.1) is 41.5 Å². The molecule has 2 bridgehead atoms. The third-order valence-corrected chi connectivity index (χ3v) is 9.79. The first kappa shape index (κ1) is 30.3. The summed E-state index contributed by atoms with van der Waals surface area (Å²) in [4.78, 5) is 46.1. The van der Waals surface area contributed by atoms with Gasteiger partial charge in [-0.2, -0.15) is 0 Å². The minimum atomic E-state index is -1.29. The molecule has 224 valence electrons. The second-order valence-electron chi connectivity index (χ2n) is 11.9. The summed E-state index contributed by atoms with van der Waals surface area (Å²) in [6, 6.07) is 13.1. The predicted molar refractivity (Wildman–Crippen MR) is 160 cm³/mol. The second kappa shape index (κ2) is 11.5. The number of rotatable bonds is 10. The summed E-state index contributed by atoms with van der Waals surface area (Å²) in [5, 5.41) is 11.1. The largest absolute Gasteiger partial charge is 0.466 e. The lowest BCUT2D eigenvalue weighted by Crippen LogP contribution is -2.59. The Morgan fingerprint density at radius 1 is 1.26 bits per heavy atom. The van der Waals surface area contributed by atoms with E-state index in [1.165, 1.54) is 4.90 Å². The molecule has 3 unspecified atom stereocenters. The van der Waals surface area contributed by atoms with Gasteiger partial charge in [0.1, 0.15) is 17.6 Å². The first-order valence-electron chi connectivity index (χ1n) is 14.6. The number of carbonyl (C=O) groups excluding carboxylic acids is 3. The number of amides is 2. The number of esters is 1. The molecular formula is C33H39ClN2O6. The molecule has 2 aromatic rings. The number of nitrogens with zero attached hydrogens (tertiary/aromatic N) is 2. The molecule has 3 aliphatic heterocycles. The van der Waals surface area contributed by atoms with Crippen molar-refractivity contribution in [1.82, 2.24) is 4.90 Å². The zero-order valence-corrected chi connectivity index (χ0v) is 25.3. The average molecular weight is 595 g/mol. The number of benzene rings is 2. The van der Waals surface area contributed by atoms with Gasteiger partial charge in [-0.25, -0.2) is 0 Å². The maximum atomic E-state index is 15.0. The Kier molecular flexibility index (Phi) is 8.27. The number of hydrogen-bond donors (Lipinski definition) is 1. The molecule has 42 heavy (non-hydrogen) atoms. The Labute approximate surface area is 252 Å². The first-order chi connectivity index (χ1) is 20.0. The van der Waals surface area contributed by atoms with E-state index >= 15 is 0 Å².